The van der Waals surface area contributed by atoms with Gasteiger partial charge in [0.25, 0.3) is 11.8 Å². The lowest BCUT2D eigenvalue weighted by atomic mass is 10.00. The zero-order chi connectivity index (χ0) is 20.8. The van der Waals surface area contributed by atoms with Crippen molar-refractivity contribution in [2.24, 2.45) is 0 Å². The summed E-state index contributed by atoms with van der Waals surface area (Å²) in [5.41, 5.74) is 0.974. The Labute approximate surface area is 168 Å². The fourth-order valence-electron chi connectivity index (χ4n) is 2.99. The molecule has 0 bridgehead atoms. The summed E-state index contributed by atoms with van der Waals surface area (Å²) in [7, 11) is 0. The number of esters is 1. The van der Waals surface area contributed by atoms with E-state index in [1.54, 1.807) is 6.07 Å². The molecule has 0 fully saturated rings. The van der Waals surface area contributed by atoms with E-state index in [0.717, 1.165) is 16.3 Å². The molecule has 0 spiro atoms. The van der Waals surface area contributed by atoms with Crippen molar-refractivity contribution in [3.05, 3.63) is 72.2 Å². The molecule has 3 rings (SSSR count). The molecule has 2 atom stereocenters. The van der Waals surface area contributed by atoms with Gasteiger partial charge in [-0.2, -0.15) is 0 Å². The predicted molar refractivity (Wildman–Crippen MR) is 107 cm³/mol. The molecule has 0 aliphatic rings. The van der Waals surface area contributed by atoms with Crippen LogP contribution in [0.25, 0.3) is 10.8 Å². The van der Waals surface area contributed by atoms with E-state index in [1.807, 2.05) is 49.4 Å². The van der Waals surface area contributed by atoms with Gasteiger partial charge >= 0.3 is 5.97 Å². The fraction of sp³-hybridized carbons (Fsp3) is 0.227. The van der Waals surface area contributed by atoms with Gasteiger partial charge in [-0.05, 0) is 42.3 Å². The SMILES string of the molecule is C[C@H](NC(=O)c1ccco1)C(=O)OCC(=O)N[C@H](C)c1cccc2ccccc12. The predicted octanol–water partition coefficient (Wildman–Crippen LogP) is 2.97. The van der Waals surface area contributed by atoms with Crippen LogP contribution in [0.2, 0.25) is 0 Å². The Morgan fingerprint density at radius 2 is 1.72 bits per heavy atom. The highest BCUT2D eigenvalue weighted by Crippen LogP contribution is 2.23. The standard InChI is InChI=1S/C22H22N2O5/c1-14(17-10-5-8-16-7-3-4-9-18(16)17)23-20(25)13-29-22(27)15(2)24-21(26)19-11-6-12-28-19/h3-12,14-15H,13H2,1-2H3,(H,23,25)(H,24,26)/t14-,15+/m1/s1. The van der Waals surface area contributed by atoms with Gasteiger partial charge in [-0.25, -0.2) is 4.79 Å². The van der Waals surface area contributed by atoms with Crippen molar-refractivity contribution in [2.75, 3.05) is 6.61 Å². The summed E-state index contributed by atoms with van der Waals surface area (Å²) < 4.78 is 9.97. The van der Waals surface area contributed by atoms with Crippen molar-refractivity contribution in [3.8, 4) is 0 Å². The molecule has 2 N–H and O–H groups in total. The second-order valence-corrected chi connectivity index (χ2v) is 6.64. The van der Waals surface area contributed by atoms with E-state index < -0.39 is 30.4 Å². The average Bonchev–Trinajstić information content (AvgIpc) is 3.26. The molecule has 2 aromatic carbocycles. The van der Waals surface area contributed by atoms with Gasteiger partial charge in [-0.3, -0.25) is 9.59 Å². The normalized spacial score (nSPS) is 12.8. The minimum Gasteiger partial charge on any atom is -0.459 e. The van der Waals surface area contributed by atoms with Gasteiger partial charge in [-0.15, -0.1) is 0 Å². The maximum absolute atomic E-state index is 12.2. The van der Waals surface area contributed by atoms with E-state index in [1.165, 1.54) is 19.3 Å². The number of nitrogens with one attached hydrogen (secondary N) is 2. The summed E-state index contributed by atoms with van der Waals surface area (Å²) in [5.74, 6) is -1.58. The number of carbonyl (C=O) groups excluding carboxylic acids is 3. The van der Waals surface area contributed by atoms with Gasteiger partial charge in [-0.1, -0.05) is 42.5 Å². The molecule has 29 heavy (non-hydrogen) atoms. The number of amides is 2. The largest absolute Gasteiger partial charge is 0.459 e. The van der Waals surface area contributed by atoms with Gasteiger partial charge in [0.15, 0.2) is 12.4 Å². The molecular weight excluding hydrogens is 372 g/mol. The van der Waals surface area contributed by atoms with Gasteiger partial charge in [0.1, 0.15) is 6.04 Å². The maximum Gasteiger partial charge on any atom is 0.328 e. The van der Waals surface area contributed by atoms with Crippen LogP contribution in [-0.2, 0) is 14.3 Å². The Morgan fingerprint density at radius 1 is 0.966 bits per heavy atom. The number of hydrogen-bond donors (Lipinski definition) is 2. The fourth-order valence-corrected chi connectivity index (χ4v) is 2.99. The Bertz CT molecular complexity index is 1010. The van der Waals surface area contributed by atoms with Crippen molar-refractivity contribution in [2.45, 2.75) is 25.9 Å². The summed E-state index contributed by atoms with van der Waals surface area (Å²) in [4.78, 5) is 36.1. The molecule has 1 aromatic heterocycles. The van der Waals surface area contributed by atoms with Crippen LogP contribution in [0.3, 0.4) is 0 Å². The van der Waals surface area contributed by atoms with Gasteiger partial charge in [0.2, 0.25) is 0 Å². The van der Waals surface area contributed by atoms with Gasteiger partial charge in [0, 0.05) is 0 Å². The molecule has 0 unspecified atom stereocenters. The number of ether oxygens (including phenoxy) is 1. The number of rotatable bonds is 7. The molecule has 7 nitrogen and oxygen atoms in total. The zero-order valence-corrected chi connectivity index (χ0v) is 16.2. The lowest BCUT2D eigenvalue weighted by Crippen LogP contribution is -2.41. The molecule has 0 aliphatic carbocycles. The van der Waals surface area contributed by atoms with E-state index in [-0.39, 0.29) is 11.8 Å². The molecule has 1 heterocycles. The average molecular weight is 394 g/mol. The highest BCUT2D eigenvalue weighted by Gasteiger charge is 2.21. The van der Waals surface area contributed by atoms with E-state index in [4.69, 9.17) is 9.15 Å². The lowest BCUT2D eigenvalue weighted by Gasteiger charge is -2.17. The van der Waals surface area contributed by atoms with Crippen molar-refractivity contribution in [3.63, 3.8) is 0 Å². The van der Waals surface area contributed by atoms with Crippen LogP contribution in [0.5, 0.6) is 0 Å². The molecule has 0 saturated heterocycles. The van der Waals surface area contributed by atoms with Crippen LogP contribution < -0.4 is 10.6 Å². The van der Waals surface area contributed by atoms with Crippen LogP contribution in [0.1, 0.15) is 36.0 Å². The second kappa shape index (κ2) is 9.05. The topological polar surface area (TPSA) is 97.6 Å². The molecule has 0 saturated carbocycles. The molecule has 150 valence electrons. The van der Waals surface area contributed by atoms with E-state index >= 15 is 0 Å². The van der Waals surface area contributed by atoms with Crippen LogP contribution in [0, 0.1) is 0 Å². The Morgan fingerprint density at radius 3 is 2.48 bits per heavy atom. The van der Waals surface area contributed by atoms with E-state index in [2.05, 4.69) is 10.6 Å². The lowest BCUT2D eigenvalue weighted by molar-refractivity contribution is -0.150. The van der Waals surface area contributed by atoms with Crippen LogP contribution in [-0.4, -0.2) is 30.4 Å². The van der Waals surface area contributed by atoms with E-state index in [0.29, 0.717) is 0 Å². The molecule has 7 heteroatoms. The Kier molecular flexibility index (Phi) is 6.29. The van der Waals surface area contributed by atoms with Crippen molar-refractivity contribution in [1.82, 2.24) is 10.6 Å². The van der Waals surface area contributed by atoms with Crippen LogP contribution >= 0.6 is 0 Å². The highest BCUT2D eigenvalue weighted by atomic mass is 16.5. The third-order valence-corrected chi connectivity index (χ3v) is 4.46. The summed E-state index contributed by atoms with van der Waals surface area (Å²) in [5, 5.41) is 7.41. The number of carbonyl (C=O) groups is 3. The summed E-state index contributed by atoms with van der Waals surface area (Å²) in [6.07, 6.45) is 1.36. The summed E-state index contributed by atoms with van der Waals surface area (Å²) in [6, 6.07) is 15.7. The molecule has 2 amide bonds. The van der Waals surface area contributed by atoms with Crippen molar-refractivity contribution >= 4 is 28.6 Å². The monoisotopic (exact) mass is 394 g/mol. The summed E-state index contributed by atoms with van der Waals surface area (Å²) in [6.45, 7) is 2.91. The van der Waals surface area contributed by atoms with Crippen molar-refractivity contribution < 1.29 is 23.5 Å². The Hall–Kier alpha value is -3.61. The first-order valence-electron chi connectivity index (χ1n) is 9.23. The number of fused-ring (bicyclic) bond motifs is 1. The van der Waals surface area contributed by atoms with Gasteiger partial charge < -0.3 is 19.8 Å². The minimum atomic E-state index is -0.920. The first kappa shape index (κ1) is 20.1. The molecule has 3 aromatic rings. The zero-order valence-electron chi connectivity index (χ0n) is 16.2. The quantitative estimate of drug-likeness (QED) is 0.601. The van der Waals surface area contributed by atoms with E-state index in [9.17, 15) is 14.4 Å². The number of benzene rings is 2. The van der Waals surface area contributed by atoms with Gasteiger partial charge in [0.05, 0.1) is 12.3 Å². The van der Waals surface area contributed by atoms with Crippen LogP contribution in [0.4, 0.5) is 0 Å². The first-order chi connectivity index (χ1) is 14.0. The van der Waals surface area contributed by atoms with Crippen LogP contribution in [0.15, 0.2) is 65.3 Å². The Balaban J connectivity index is 1.51. The maximum atomic E-state index is 12.2. The second-order valence-electron chi connectivity index (χ2n) is 6.64. The molecular formula is C22H22N2O5. The number of hydrogen-bond acceptors (Lipinski definition) is 5. The smallest absolute Gasteiger partial charge is 0.328 e. The highest BCUT2D eigenvalue weighted by molar-refractivity contribution is 5.94. The third kappa shape index (κ3) is 5.01. The molecule has 0 radical (unpaired) electrons. The molecule has 0 aliphatic heterocycles. The first-order valence-corrected chi connectivity index (χ1v) is 9.23. The van der Waals surface area contributed by atoms with Crippen molar-refractivity contribution in [1.29, 1.82) is 0 Å². The number of furan rings is 1. The summed E-state index contributed by atoms with van der Waals surface area (Å²) >= 11 is 0. The third-order valence-electron chi connectivity index (χ3n) is 4.46. The minimum absolute atomic E-state index is 0.0892.